The van der Waals surface area contributed by atoms with Gasteiger partial charge in [-0.2, -0.15) is 0 Å². The highest BCUT2D eigenvalue weighted by Gasteiger charge is 2.46. The zero-order valence-corrected chi connectivity index (χ0v) is 10.4. The van der Waals surface area contributed by atoms with Gasteiger partial charge in [0.25, 0.3) is 0 Å². The van der Waals surface area contributed by atoms with Crippen molar-refractivity contribution >= 4 is 5.97 Å². The topological polar surface area (TPSA) is 168 Å². The van der Waals surface area contributed by atoms with Crippen molar-refractivity contribution in [2.75, 3.05) is 19.8 Å². The van der Waals surface area contributed by atoms with Crippen LogP contribution in [0.1, 0.15) is 6.92 Å². The molecule has 0 aliphatic heterocycles. The number of hydrogen-bond donors (Lipinski definition) is 7. The van der Waals surface area contributed by atoms with Crippen molar-refractivity contribution in [2.24, 2.45) is 0 Å². The maximum absolute atomic E-state index is 11.3. The monoisotopic (exact) mass is 284 g/mol. The summed E-state index contributed by atoms with van der Waals surface area (Å²) in [5.41, 5.74) is -2.47. The molecule has 0 aliphatic carbocycles. The second-order valence-corrected chi connectivity index (χ2v) is 4.29. The number of carbonyl (C=O) groups is 1. The van der Waals surface area contributed by atoms with E-state index in [2.05, 4.69) is 4.74 Å². The van der Waals surface area contributed by atoms with Gasteiger partial charge in [-0.15, -0.1) is 0 Å². The molecule has 0 aromatic rings. The lowest BCUT2D eigenvalue weighted by molar-refractivity contribution is -0.197. The van der Waals surface area contributed by atoms with Gasteiger partial charge in [0.15, 0.2) is 6.10 Å². The quantitative estimate of drug-likeness (QED) is 0.218. The van der Waals surface area contributed by atoms with Gasteiger partial charge in [0.2, 0.25) is 0 Å². The maximum atomic E-state index is 11.3. The van der Waals surface area contributed by atoms with E-state index in [1.54, 1.807) is 0 Å². The third-order valence-corrected chi connectivity index (χ3v) is 2.56. The number of hydrogen-bond acceptors (Lipinski definition) is 9. The van der Waals surface area contributed by atoms with Crippen LogP contribution in [-0.4, -0.2) is 91.6 Å². The van der Waals surface area contributed by atoms with Crippen molar-refractivity contribution in [3.05, 3.63) is 0 Å². The average Bonchev–Trinajstić information content (AvgIpc) is 2.41. The molecule has 0 radical (unpaired) electrons. The molecule has 114 valence electrons. The van der Waals surface area contributed by atoms with E-state index in [1.807, 2.05) is 0 Å². The normalized spacial score (nSPS) is 21.1. The second kappa shape index (κ2) is 7.70. The van der Waals surface area contributed by atoms with Gasteiger partial charge in [0, 0.05) is 0 Å². The van der Waals surface area contributed by atoms with Crippen molar-refractivity contribution in [1.82, 2.24) is 0 Å². The van der Waals surface area contributed by atoms with Crippen LogP contribution in [0, 0.1) is 0 Å². The van der Waals surface area contributed by atoms with E-state index >= 15 is 0 Å². The van der Waals surface area contributed by atoms with E-state index in [9.17, 15) is 20.1 Å². The molecule has 0 heterocycles. The number of aliphatic hydroxyl groups excluding tert-OH is 6. The van der Waals surface area contributed by atoms with Gasteiger partial charge in [-0.1, -0.05) is 0 Å². The van der Waals surface area contributed by atoms with E-state index in [0.29, 0.717) is 0 Å². The molecule has 0 saturated heterocycles. The third kappa shape index (κ3) is 4.99. The minimum atomic E-state index is -2.47. The fourth-order valence-corrected chi connectivity index (χ4v) is 1.20. The van der Waals surface area contributed by atoms with Gasteiger partial charge in [0.05, 0.1) is 13.2 Å². The molecule has 0 aliphatic rings. The second-order valence-electron chi connectivity index (χ2n) is 4.29. The number of rotatable bonds is 8. The van der Waals surface area contributed by atoms with Crippen LogP contribution in [0.15, 0.2) is 0 Å². The van der Waals surface area contributed by atoms with Crippen LogP contribution < -0.4 is 0 Å². The minimum absolute atomic E-state index is 0.610. The van der Waals surface area contributed by atoms with Crippen molar-refractivity contribution in [2.45, 2.75) is 36.9 Å². The van der Waals surface area contributed by atoms with Crippen molar-refractivity contribution in [3.8, 4) is 0 Å². The Morgan fingerprint density at radius 2 is 1.68 bits per heavy atom. The fourth-order valence-electron chi connectivity index (χ4n) is 1.20. The average molecular weight is 284 g/mol. The molecule has 5 atom stereocenters. The molecule has 7 N–H and O–H groups in total. The summed E-state index contributed by atoms with van der Waals surface area (Å²) in [5, 5.41) is 63.9. The Morgan fingerprint density at radius 3 is 2.11 bits per heavy atom. The molecule has 0 spiro atoms. The Morgan fingerprint density at radius 1 is 1.16 bits per heavy atom. The van der Waals surface area contributed by atoms with Gasteiger partial charge in [-0.25, -0.2) is 4.79 Å². The lowest BCUT2D eigenvalue weighted by atomic mass is 9.89. The van der Waals surface area contributed by atoms with Crippen molar-refractivity contribution in [3.63, 3.8) is 0 Å². The zero-order valence-electron chi connectivity index (χ0n) is 10.4. The molecule has 0 aromatic carbocycles. The molecule has 19 heavy (non-hydrogen) atoms. The smallest absolute Gasteiger partial charge is 0.338 e. The van der Waals surface area contributed by atoms with Gasteiger partial charge in [0.1, 0.15) is 30.5 Å². The molecule has 0 aromatic heterocycles. The molecule has 0 amide bonds. The SMILES string of the molecule is CC(O)(C(O)C(=O)OCC(O)CO)C(O)C(O)CO. The molecule has 0 rings (SSSR count). The van der Waals surface area contributed by atoms with E-state index in [-0.39, 0.29) is 0 Å². The fraction of sp³-hybridized carbons (Fsp3) is 0.900. The van der Waals surface area contributed by atoms with Gasteiger partial charge >= 0.3 is 5.97 Å². The van der Waals surface area contributed by atoms with Crippen molar-refractivity contribution in [1.29, 1.82) is 0 Å². The standard InChI is InChI=1S/C10H20O9/c1-10(18,7(15)6(14)3-12)8(16)9(17)19-4-5(13)2-11/h5-8,11-16,18H,2-4H2,1H3. The first-order valence-corrected chi connectivity index (χ1v) is 5.51. The van der Waals surface area contributed by atoms with Gasteiger partial charge < -0.3 is 40.5 Å². The highest BCUT2D eigenvalue weighted by Crippen LogP contribution is 2.19. The summed E-state index contributed by atoms with van der Waals surface area (Å²) in [5.74, 6) is -1.36. The molecular formula is C10H20O9. The number of esters is 1. The van der Waals surface area contributed by atoms with Crippen LogP contribution in [0.4, 0.5) is 0 Å². The Balaban J connectivity index is 4.60. The highest BCUT2D eigenvalue weighted by atomic mass is 16.6. The van der Waals surface area contributed by atoms with E-state index in [4.69, 9.17) is 20.4 Å². The van der Waals surface area contributed by atoms with Crippen LogP contribution >= 0.6 is 0 Å². The molecule has 0 bridgehead atoms. The van der Waals surface area contributed by atoms with Crippen LogP contribution in [0.3, 0.4) is 0 Å². The first kappa shape index (κ1) is 18.2. The zero-order chi connectivity index (χ0) is 15.2. The predicted molar refractivity (Wildman–Crippen MR) is 59.8 cm³/mol. The summed E-state index contributed by atoms with van der Waals surface area (Å²) in [6, 6.07) is 0. The lowest BCUT2D eigenvalue weighted by Crippen LogP contribution is -2.58. The van der Waals surface area contributed by atoms with Crippen LogP contribution in [0.25, 0.3) is 0 Å². The maximum Gasteiger partial charge on any atom is 0.338 e. The number of aliphatic hydroxyl groups is 7. The summed E-state index contributed by atoms with van der Waals surface area (Å²) in [6.45, 7) is -1.29. The summed E-state index contributed by atoms with van der Waals surface area (Å²) in [7, 11) is 0. The minimum Gasteiger partial charge on any atom is -0.461 e. The van der Waals surface area contributed by atoms with Crippen LogP contribution in [0.5, 0.6) is 0 Å². The number of carbonyl (C=O) groups excluding carboxylic acids is 1. The third-order valence-electron chi connectivity index (χ3n) is 2.56. The highest BCUT2D eigenvalue weighted by molar-refractivity contribution is 5.76. The lowest BCUT2D eigenvalue weighted by Gasteiger charge is -2.34. The summed E-state index contributed by atoms with van der Waals surface area (Å²) >= 11 is 0. The molecule has 0 saturated carbocycles. The summed E-state index contributed by atoms with van der Waals surface area (Å²) in [4.78, 5) is 11.3. The predicted octanol–water partition coefficient (Wildman–Crippen LogP) is -4.29. The van der Waals surface area contributed by atoms with Gasteiger partial charge in [-0.3, -0.25) is 0 Å². The molecular weight excluding hydrogens is 264 g/mol. The van der Waals surface area contributed by atoms with E-state index in [1.165, 1.54) is 0 Å². The first-order chi connectivity index (χ1) is 8.68. The Kier molecular flexibility index (Phi) is 7.37. The molecule has 5 unspecified atom stereocenters. The Labute approximate surface area is 109 Å². The molecule has 9 nitrogen and oxygen atoms in total. The first-order valence-electron chi connectivity index (χ1n) is 5.51. The van der Waals surface area contributed by atoms with E-state index < -0.39 is 55.8 Å². The Bertz CT molecular complexity index is 280. The molecule has 9 heteroatoms. The largest absolute Gasteiger partial charge is 0.461 e. The summed E-state index contributed by atoms with van der Waals surface area (Å²) in [6.07, 6.45) is -7.31. The van der Waals surface area contributed by atoms with Crippen LogP contribution in [-0.2, 0) is 9.53 Å². The van der Waals surface area contributed by atoms with Crippen LogP contribution in [0.2, 0.25) is 0 Å². The molecule has 0 fully saturated rings. The number of ether oxygens (including phenoxy) is 1. The van der Waals surface area contributed by atoms with E-state index in [0.717, 1.165) is 6.92 Å². The van der Waals surface area contributed by atoms with Gasteiger partial charge in [-0.05, 0) is 6.92 Å². The summed E-state index contributed by atoms with van der Waals surface area (Å²) < 4.78 is 4.39. The Hall–Kier alpha value is -0.810. The van der Waals surface area contributed by atoms with Crippen molar-refractivity contribution < 1.29 is 45.3 Å².